The van der Waals surface area contributed by atoms with Crippen LogP contribution in [-0.2, 0) is 0 Å². The van der Waals surface area contributed by atoms with Crippen LogP contribution < -0.4 is 10.1 Å². The van der Waals surface area contributed by atoms with Crippen molar-refractivity contribution in [1.82, 2.24) is 0 Å². The fraction of sp³-hybridized carbons (Fsp3) is 0.400. The van der Waals surface area contributed by atoms with Crippen LogP contribution in [0.3, 0.4) is 0 Å². The predicted molar refractivity (Wildman–Crippen MR) is 102 cm³/mol. The van der Waals surface area contributed by atoms with Crippen LogP contribution in [0.15, 0.2) is 23.1 Å². The summed E-state index contributed by atoms with van der Waals surface area (Å²) in [5.74, 6) is 0.913. The van der Waals surface area contributed by atoms with Crippen molar-refractivity contribution in [3.63, 3.8) is 0 Å². The van der Waals surface area contributed by atoms with Crippen molar-refractivity contribution >= 4 is 57.4 Å². The molecule has 114 valence electrons. The molecule has 2 heterocycles. The van der Waals surface area contributed by atoms with Crippen LogP contribution in [0, 0.1) is 0 Å². The zero-order chi connectivity index (χ0) is 15.2. The first-order chi connectivity index (χ1) is 9.97. The van der Waals surface area contributed by atoms with Gasteiger partial charge in [0.15, 0.2) is 0 Å². The number of nitrogens with one attached hydrogen (secondary N) is 1. The van der Waals surface area contributed by atoms with E-state index in [0.717, 1.165) is 11.4 Å². The van der Waals surface area contributed by atoms with Crippen LogP contribution in [0.5, 0.6) is 5.75 Å². The van der Waals surface area contributed by atoms with Crippen LogP contribution in [0.1, 0.15) is 26.3 Å². The molecule has 0 saturated carbocycles. The highest BCUT2D eigenvalue weighted by atomic mass is 35.7. The Balaban J connectivity index is 2.19. The van der Waals surface area contributed by atoms with Crippen molar-refractivity contribution in [3.8, 4) is 5.75 Å². The Hall–Kier alpha value is -0.230. The van der Waals surface area contributed by atoms with Gasteiger partial charge in [0.2, 0.25) is 0 Å². The topological polar surface area (TPSA) is 21.3 Å². The van der Waals surface area contributed by atoms with Crippen molar-refractivity contribution in [1.29, 1.82) is 0 Å². The van der Waals surface area contributed by atoms with E-state index in [1.165, 1.54) is 20.2 Å². The Kier molecular flexibility index (Phi) is 4.30. The van der Waals surface area contributed by atoms with Gasteiger partial charge in [-0.25, -0.2) is 0 Å². The molecule has 0 saturated heterocycles. The summed E-state index contributed by atoms with van der Waals surface area (Å²) in [5, 5.41) is 3.63. The highest BCUT2D eigenvalue weighted by molar-refractivity contribution is 8.96. The number of halogens is 1. The molecular weight excluding hydrogens is 342 g/mol. The highest BCUT2D eigenvalue weighted by Crippen LogP contribution is 2.61. The summed E-state index contributed by atoms with van der Waals surface area (Å²) in [6.45, 7) is 7.11. The monoisotopic (exact) mass is 359 g/mol. The van der Waals surface area contributed by atoms with Crippen molar-refractivity contribution < 1.29 is 4.74 Å². The van der Waals surface area contributed by atoms with Gasteiger partial charge in [0, 0.05) is 21.7 Å². The van der Waals surface area contributed by atoms with Gasteiger partial charge in [-0.2, -0.15) is 0 Å². The molecule has 1 N–H and O–H groups in total. The quantitative estimate of drug-likeness (QED) is 0.549. The molecule has 0 fully saturated rings. The average molecular weight is 360 g/mol. The van der Waals surface area contributed by atoms with Crippen LogP contribution in [0.2, 0.25) is 0 Å². The minimum atomic E-state index is -0.281. The molecule has 0 spiro atoms. The van der Waals surface area contributed by atoms with Crippen molar-refractivity contribution in [2.75, 3.05) is 18.2 Å². The Labute approximate surface area is 140 Å². The van der Waals surface area contributed by atoms with Gasteiger partial charge in [-0.05, 0) is 75.4 Å². The molecule has 1 aromatic rings. The maximum Gasteiger partial charge on any atom is 0.120 e. The molecule has 2 nitrogen and oxygen atoms in total. The van der Waals surface area contributed by atoms with Gasteiger partial charge in [0.1, 0.15) is 5.75 Å². The van der Waals surface area contributed by atoms with Crippen LogP contribution in [-0.4, -0.2) is 22.6 Å². The molecule has 0 amide bonds. The smallest absolute Gasteiger partial charge is 0.120 e. The molecule has 1 atom stereocenters. The minimum absolute atomic E-state index is 0.0856. The predicted octanol–water partition coefficient (Wildman–Crippen LogP) is 5.58. The summed E-state index contributed by atoms with van der Waals surface area (Å²) >= 11 is 1.76. The van der Waals surface area contributed by atoms with Gasteiger partial charge in [0.05, 0.1) is 16.3 Å². The number of thioether (sulfide) groups is 1. The molecule has 0 bridgehead atoms. The molecular formula is C15H18ClNOS3. The van der Waals surface area contributed by atoms with E-state index in [0.29, 0.717) is 6.61 Å². The summed E-state index contributed by atoms with van der Waals surface area (Å²) in [6.07, 6.45) is 2.11. The van der Waals surface area contributed by atoms with Gasteiger partial charge in [-0.15, -0.1) is 11.8 Å². The van der Waals surface area contributed by atoms with E-state index < -0.39 is 0 Å². The third kappa shape index (κ3) is 2.62. The van der Waals surface area contributed by atoms with E-state index in [1.807, 2.05) is 13.0 Å². The lowest BCUT2D eigenvalue weighted by Crippen LogP contribution is -2.35. The van der Waals surface area contributed by atoms with Gasteiger partial charge in [-0.1, -0.05) is 0 Å². The maximum atomic E-state index is 6.58. The lowest BCUT2D eigenvalue weighted by atomic mass is 9.90. The molecule has 3 rings (SSSR count). The van der Waals surface area contributed by atoms with Crippen LogP contribution in [0.25, 0.3) is 5.57 Å². The zero-order valence-electron chi connectivity index (χ0n) is 12.5. The Morgan fingerprint density at radius 1 is 1.43 bits per heavy atom. The molecule has 2 aliphatic rings. The summed E-state index contributed by atoms with van der Waals surface area (Å²) in [7, 11) is 8.08. The molecule has 0 aliphatic carbocycles. The lowest BCUT2D eigenvalue weighted by molar-refractivity contribution is 0.340. The number of hydrogen-bond donors (Lipinski definition) is 1. The molecule has 0 aromatic heterocycles. The van der Waals surface area contributed by atoms with Crippen LogP contribution >= 0.6 is 42.0 Å². The summed E-state index contributed by atoms with van der Waals surface area (Å²) in [4.78, 5) is 1.34. The van der Waals surface area contributed by atoms with Crippen molar-refractivity contribution in [2.45, 2.75) is 26.3 Å². The van der Waals surface area contributed by atoms with E-state index in [9.17, 15) is 0 Å². The largest absolute Gasteiger partial charge is 0.494 e. The second kappa shape index (κ2) is 5.76. The average Bonchev–Trinajstić information content (AvgIpc) is 2.77. The fourth-order valence-electron chi connectivity index (χ4n) is 2.63. The number of hydrogen-bond acceptors (Lipinski definition) is 4. The Morgan fingerprint density at radius 3 is 2.86 bits per heavy atom. The molecule has 0 radical (unpaired) electrons. The lowest BCUT2D eigenvalue weighted by Gasteiger charge is -2.35. The number of anilines is 1. The van der Waals surface area contributed by atoms with Crippen molar-refractivity contribution in [2.24, 2.45) is 0 Å². The normalized spacial score (nSPS) is 22.7. The third-order valence-corrected chi connectivity index (χ3v) is 9.66. The molecule has 1 aromatic carbocycles. The number of fused-ring (bicyclic) bond motifs is 2. The van der Waals surface area contributed by atoms with Gasteiger partial charge < -0.3 is 10.1 Å². The second-order valence-corrected chi connectivity index (χ2v) is 10.9. The van der Waals surface area contributed by atoms with E-state index in [2.05, 4.69) is 37.6 Å². The zero-order valence-corrected chi connectivity index (χ0v) is 15.7. The van der Waals surface area contributed by atoms with Gasteiger partial charge >= 0.3 is 0 Å². The van der Waals surface area contributed by atoms with E-state index >= 15 is 0 Å². The molecule has 6 heteroatoms. The number of rotatable bonds is 2. The number of ether oxygens (including phenoxy) is 1. The summed E-state index contributed by atoms with van der Waals surface area (Å²) < 4.78 is 6.94. The first-order valence-electron chi connectivity index (χ1n) is 6.78. The molecule has 2 aliphatic heterocycles. The van der Waals surface area contributed by atoms with E-state index in [4.69, 9.17) is 15.4 Å². The number of benzene rings is 1. The third-order valence-electron chi connectivity index (χ3n) is 3.51. The van der Waals surface area contributed by atoms with Gasteiger partial charge in [0.25, 0.3) is 0 Å². The Morgan fingerprint density at radius 2 is 2.19 bits per heavy atom. The van der Waals surface area contributed by atoms with Gasteiger partial charge in [-0.3, -0.25) is 0 Å². The highest BCUT2D eigenvalue weighted by Gasteiger charge is 2.39. The maximum absolute atomic E-state index is 6.58. The SMILES string of the molecule is CCOc1ccc2c(c1)C1=C(SS(Cl)=C1SC)C(C)(C)N2. The summed E-state index contributed by atoms with van der Waals surface area (Å²) in [5.41, 5.74) is 3.59. The standard InChI is InChI=1S/C15H18ClNOS3/c1-5-18-9-6-7-11-10(8-9)12-13(15(2,3)17-11)20-21(16)14(12)19-4/h6-8,17H,5H2,1-4H3. The van der Waals surface area contributed by atoms with Crippen LogP contribution in [0.4, 0.5) is 5.69 Å². The minimum Gasteiger partial charge on any atom is -0.494 e. The second-order valence-electron chi connectivity index (χ2n) is 5.39. The fourth-order valence-corrected chi connectivity index (χ4v) is 8.92. The van der Waals surface area contributed by atoms with E-state index in [1.54, 1.807) is 22.6 Å². The van der Waals surface area contributed by atoms with Crippen molar-refractivity contribution in [3.05, 3.63) is 28.7 Å². The summed E-state index contributed by atoms with van der Waals surface area (Å²) in [6, 6.07) is 6.27. The first kappa shape index (κ1) is 15.7. The molecule has 1 unspecified atom stereocenters. The first-order valence-corrected chi connectivity index (χ1v) is 11.4. The Bertz CT molecular complexity index is 667. The van der Waals surface area contributed by atoms with E-state index in [-0.39, 0.29) is 14.3 Å². The molecule has 21 heavy (non-hydrogen) atoms.